The standard InChI is InChI=1S/C13H19NO/c1-11-9-13(6-5-12(11)10-15)14-7-3-2-4-8-14/h5-6,9,15H,2-4,7-8,10H2,1H3. The Kier molecular flexibility index (Phi) is 3.27. The molecule has 0 amide bonds. The molecule has 2 heteroatoms. The van der Waals surface area contributed by atoms with Gasteiger partial charge in [0.05, 0.1) is 6.61 Å². The number of anilines is 1. The van der Waals surface area contributed by atoms with Crippen LogP contribution >= 0.6 is 0 Å². The van der Waals surface area contributed by atoms with Crippen molar-refractivity contribution in [3.8, 4) is 0 Å². The molecule has 0 spiro atoms. The third-order valence-electron chi connectivity index (χ3n) is 3.22. The lowest BCUT2D eigenvalue weighted by Gasteiger charge is -2.29. The van der Waals surface area contributed by atoms with E-state index in [2.05, 4.69) is 24.0 Å². The summed E-state index contributed by atoms with van der Waals surface area (Å²) >= 11 is 0. The van der Waals surface area contributed by atoms with Gasteiger partial charge in [0.1, 0.15) is 0 Å². The van der Waals surface area contributed by atoms with Crippen molar-refractivity contribution in [1.82, 2.24) is 0 Å². The molecule has 2 rings (SSSR count). The second kappa shape index (κ2) is 4.67. The minimum absolute atomic E-state index is 0.145. The first-order chi connectivity index (χ1) is 7.31. The maximum absolute atomic E-state index is 9.11. The molecule has 1 fully saturated rings. The summed E-state index contributed by atoms with van der Waals surface area (Å²) in [4.78, 5) is 2.44. The molecule has 0 radical (unpaired) electrons. The molecule has 0 atom stereocenters. The van der Waals surface area contributed by atoms with Gasteiger partial charge in [-0.05, 0) is 49.4 Å². The SMILES string of the molecule is Cc1cc(N2CCCCC2)ccc1CO. The summed E-state index contributed by atoms with van der Waals surface area (Å²) in [5, 5.41) is 9.11. The van der Waals surface area contributed by atoms with Crippen molar-refractivity contribution in [2.24, 2.45) is 0 Å². The quantitative estimate of drug-likeness (QED) is 0.801. The van der Waals surface area contributed by atoms with E-state index in [1.807, 2.05) is 6.07 Å². The molecule has 0 bridgehead atoms. The van der Waals surface area contributed by atoms with Crippen LogP contribution in [0.4, 0.5) is 5.69 Å². The van der Waals surface area contributed by atoms with E-state index in [0.29, 0.717) is 0 Å². The average molecular weight is 205 g/mol. The molecular weight excluding hydrogens is 186 g/mol. The van der Waals surface area contributed by atoms with Crippen LogP contribution in [0, 0.1) is 6.92 Å². The van der Waals surface area contributed by atoms with Gasteiger partial charge in [-0.3, -0.25) is 0 Å². The van der Waals surface area contributed by atoms with Crippen molar-refractivity contribution in [3.05, 3.63) is 29.3 Å². The van der Waals surface area contributed by atoms with Crippen LogP contribution < -0.4 is 4.90 Å². The Morgan fingerprint density at radius 2 is 1.93 bits per heavy atom. The number of hydrogen-bond acceptors (Lipinski definition) is 2. The maximum atomic E-state index is 9.11. The van der Waals surface area contributed by atoms with Crippen molar-refractivity contribution < 1.29 is 5.11 Å². The molecule has 1 aliphatic heterocycles. The van der Waals surface area contributed by atoms with Gasteiger partial charge in [0.2, 0.25) is 0 Å². The monoisotopic (exact) mass is 205 g/mol. The fourth-order valence-electron chi connectivity index (χ4n) is 2.21. The lowest BCUT2D eigenvalue weighted by molar-refractivity contribution is 0.281. The van der Waals surface area contributed by atoms with Crippen molar-refractivity contribution in [2.75, 3.05) is 18.0 Å². The van der Waals surface area contributed by atoms with Crippen molar-refractivity contribution in [1.29, 1.82) is 0 Å². The number of nitrogens with zero attached hydrogens (tertiary/aromatic N) is 1. The lowest BCUT2D eigenvalue weighted by Crippen LogP contribution is -2.29. The van der Waals surface area contributed by atoms with Crippen LogP contribution in [0.1, 0.15) is 30.4 Å². The molecule has 2 nitrogen and oxygen atoms in total. The van der Waals surface area contributed by atoms with E-state index in [9.17, 15) is 0 Å². The number of piperidine rings is 1. The van der Waals surface area contributed by atoms with Gasteiger partial charge >= 0.3 is 0 Å². The van der Waals surface area contributed by atoms with Crippen LogP contribution in [-0.2, 0) is 6.61 Å². The van der Waals surface area contributed by atoms with Crippen molar-refractivity contribution in [3.63, 3.8) is 0 Å². The molecule has 0 aliphatic carbocycles. The maximum Gasteiger partial charge on any atom is 0.0684 e. The van der Waals surface area contributed by atoms with Crippen LogP contribution in [0.25, 0.3) is 0 Å². The molecule has 1 heterocycles. The largest absolute Gasteiger partial charge is 0.392 e. The first kappa shape index (κ1) is 10.5. The van der Waals surface area contributed by atoms with Crippen LogP contribution in [0.15, 0.2) is 18.2 Å². The second-order valence-corrected chi connectivity index (χ2v) is 4.32. The number of rotatable bonds is 2. The summed E-state index contributed by atoms with van der Waals surface area (Å²) in [6.45, 7) is 4.57. The summed E-state index contributed by atoms with van der Waals surface area (Å²) in [6.07, 6.45) is 3.98. The highest BCUT2D eigenvalue weighted by molar-refractivity contribution is 5.50. The van der Waals surface area contributed by atoms with Gasteiger partial charge in [-0.2, -0.15) is 0 Å². The molecule has 1 N–H and O–H groups in total. The van der Waals surface area contributed by atoms with Crippen LogP contribution in [0.3, 0.4) is 0 Å². The van der Waals surface area contributed by atoms with E-state index in [-0.39, 0.29) is 6.61 Å². The molecule has 82 valence electrons. The molecule has 0 saturated carbocycles. The average Bonchev–Trinajstić information content (AvgIpc) is 2.30. The smallest absolute Gasteiger partial charge is 0.0684 e. The van der Waals surface area contributed by atoms with Gasteiger partial charge in [0.15, 0.2) is 0 Å². The van der Waals surface area contributed by atoms with Crippen molar-refractivity contribution >= 4 is 5.69 Å². The van der Waals surface area contributed by atoms with Crippen LogP contribution in [0.2, 0.25) is 0 Å². The highest BCUT2D eigenvalue weighted by atomic mass is 16.3. The predicted molar refractivity (Wildman–Crippen MR) is 63.2 cm³/mol. The molecule has 15 heavy (non-hydrogen) atoms. The van der Waals surface area contributed by atoms with Crippen LogP contribution in [0.5, 0.6) is 0 Å². The molecule has 1 aromatic carbocycles. The van der Waals surface area contributed by atoms with Gasteiger partial charge < -0.3 is 10.0 Å². The summed E-state index contributed by atoms with van der Waals surface area (Å²) in [5.41, 5.74) is 3.54. The van der Waals surface area contributed by atoms with Crippen LogP contribution in [-0.4, -0.2) is 18.2 Å². The van der Waals surface area contributed by atoms with E-state index in [1.54, 1.807) is 0 Å². The topological polar surface area (TPSA) is 23.5 Å². The zero-order valence-corrected chi connectivity index (χ0v) is 9.37. The van der Waals surface area contributed by atoms with Gasteiger partial charge in [-0.1, -0.05) is 6.07 Å². The lowest BCUT2D eigenvalue weighted by atomic mass is 10.1. The number of aliphatic hydroxyl groups excluding tert-OH is 1. The second-order valence-electron chi connectivity index (χ2n) is 4.32. The summed E-state index contributed by atoms with van der Waals surface area (Å²) < 4.78 is 0. The zero-order chi connectivity index (χ0) is 10.7. The number of aliphatic hydroxyl groups is 1. The van der Waals surface area contributed by atoms with Gasteiger partial charge in [0, 0.05) is 18.8 Å². The third kappa shape index (κ3) is 2.32. The first-order valence-electron chi connectivity index (χ1n) is 5.76. The fourth-order valence-corrected chi connectivity index (χ4v) is 2.21. The Morgan fingerprint density at radius 1 is 1.20 bits per heavy atom. The molecule has 1 saturated heterocycles. The number of aryl methyl sites for hydroxylation is 1. The predicted octanol–water partition coefficient (Wildman–Crippen LogP) is 2.48. The van der Waals surface area contributed by atoms with Gasteiger partial charge in [-0.25, -0.2) is 0 Å². The Balaban J connectivity index is 2.17. The van der Waals surface area contributed by atoms with E-state index in [4.69, 9.17) is 5.11 Å². The Labute approximate surface area is 91.5 Å². The van der Waals surface area contributed by atoms with Gasteiger partial charge in [0.25, 0.3) is 0 Å². The Bertz CT molecular complexity index is 329. The Hall–Kier alpha value is -1.02. The van der Waals surface area contributed by atoms with E-state index < -0.39 is 0 Å². The molecule has 0 unspecified atom stereocenters. The minimum Gasteiger partial charge on any atom is -0.392 e. The number of hydrogen-bond donors (Lipinski definition) is 1. The summed E-state index contributed by atoms with van der Waals surface area (Å²) in [5.74, 6) is 0. The van der Waals surface area contributed by atoms with Gasteiger partial charge in [-0.15, -0.1) is 0 Å². The van der Waals surface area contributed by atoms with E-state index >= 15 is 0 Å². The minimum atomic E-state index is 0.145. The fraction of sp³-hybridized carbons (Fsp3) is 0.538. The van der Waals surface area contributed by atoms with E-state index in [0.717, 1.165) is 5.56 Å². The normalized spacial score (nSPS) is 16.8. The molecule has 1 aliphatic rings. The third-order valence-corrected chi connectivity index (χ3v) is 3.22. The first-order valence-corrected chi connectivity index (χ1v) is 5.76. The molecule has 1 aromatic rings. The van der Waals surface area contributed by atoms with Crippen molar-refractivity contribution in [2.45, 2.75) is 32.8 Å². The highest BCUT2D eigenvalue weighted by Gasteiger charge is 2.11. The molecular formula is C13H19NO. The zero-order valence-electron chi connectivity index (χ0n) is 9.37. The summed E-state index contributed by atoms with van der Waals surface area (Å²) in [6, 6.07) is 6.36. The number of benzene rings is 1. The molecule has 0 aromatic heterocycles. The Morgan fingerprint density at radius 3 is 2.53 bits per heavy atom. The van der Waals surface area contributed by atoms with E-state index in [1.165, 1.54) is 43.6 Å². The summed E-state index contributed by atoms with van der Waals surface area (Å²) in [7, 11) is 0. The highest BCUT2D eigenvalue weighted by Crippen LogP contribution is 2.22.